The number of aliphatic hydroxyl groups is 1. The number of aliphatic hydroxyl groups excluding tert-OH is 1. The van der Waals surface area contributed by atoms with Crippen LogP contribution < -0.4 is 16.4 Å². The van der Waals surface area contributed by atoms with Crippen LogP contribution in [0.3, 0.4) is 0 Å². The Hall–Kier alpha value is -2.94. The Morgan fingerprint density at radius 3 is 2.71 bits per heavy atom. The Kier molecular flexibility index (Phi) is 7.11. The normalized spacial score (nSPS) is 12.5. The van der Waals surface area contributed by atoms with Gasteiger partial charge < -0.3 is 21.5 Å². The van der Waals surface area contributed by atoms with Gasteiger partial charge in [-0.05, 0) is 39.3 Å². The molecule has 28 heavy (non-hydrogen) atoms. The fraction of sp³-hybridized carbons (Fsp3) is 0.368. The highest BCUT2D eigenvalue weighted by atomic mass is 19.1. The average Bonchev–Trinajstić information content (AvgIpc) is 2.90. The number of aromatic nitrogens is 2. The number of anilines is 3. The van der Waals surface area contributed by atoms with Crippen molar-refractivity contribution in [2.24, 2.45) is 4.99 Å². The first-order chi connectivity index (χ1) is 13.2. The highest BCUT2D eigenvalue weighted by Crippen LogP contribution is 2.28. The Morgan fingerprint density at radius 1 is 1.39 bits per heavy atom. The number of halogens is 2. The van der Waals surface area contributed by atoms with E-state index in [-0.39, 0.29) is 30.3 Å². The molecule has 0 amide bonds. The number of hydrogen-bond acceptors (Lipinski definition) is 6. The van der Waals surface area contributed by atoms with E-state index in [4.69, 9.17) is 5.73 Å². The fourth-order valence-electron chi connectivity index (χ4n) is 2.63. The number of nitrogens with zero attached hydrogens (tertiary/aromatic N) is 3. The first kappa shape index (κ1) is 21.4. The van der Waals surface area contributed by atoms with Crippen molar-refractivity contribution in [2.45, 2.75) is 39.3 Å². The van der Waals surface area contributed by atoms with Crippen molar-refractivity contribution in [3.05, 3.63) is 47.9 Å². The van der Waals surface area contributed by atoms with E-state index in [1.54, 1.807) is 4.57 Å². The van der Waals surface area contributed by atoms with Gasteiger partial charge >= 0.3 is 0 Å². The summed E-state index contributed by atoms with van der Waals surface area (Å²) in [4.78, 5) is 8.59. The molecule has 0 fully saturated rings. The van der Waals surface area contributed by atoms with Crippen LogP contribution >= 0.6 is 0 Å². The molecule has 1 heterocycles. The van der Waals surface area contributed by atoms with Gasteiger partial charge in [0.1, 0.15) is 29.0 Å². The molecule has 152 valence electrons. The monoisotopic (exact) mass is 392 g/mol. The Balaban J connectivity index is 2.39. The molecule has 5 N–H and O–H groups in total. The van der Waals surface area contributed by atoms with E-state index in [2.05, 4.69) is 27.2 Å². The fourth-order valence-corrected chi connectivity index (χ4v) is 2.63. The van der Waals surface area contributed by atoms with Crippen LogP contribution in [0.4, 0.5) is 26.2 Å². The first-order valence-corrected chi connectivity index (χ1v) is 8.93. The molecule has 0 saturated heterocycles. The lowest BCUT2D eigenvalue weighted by Gasteiger charge is -2.18. The van der Waals surface area contributed by atoms with Crippen LogP contribution in [0, 0.1) is 11.6 Å². The second-order valence-corrected chi connectivity index (χ2v) is 6.69. The SMILES string of the molecule is C=C(/N=C\c1nc(Nc2ccc(F)cc2F)n(C(C)CCO)c1N)NC(C)C. The van der Waals surface area contributed by atoms with Crippen LogP contribution in [0.25, 0.3) is 0 Å². The lowest BCUT2D eigenvalue weighted by atomic mass is 10.2. The maximum atomic E-state index is 14.0. The maximum absolute atomic E-state index is 14.0. The lowest BCUT2D eigenvalue weighted by molar-refractivity contribution is 0.264. The molecule has 0 aliphatic rings. The van der Waals surface area contributed by atoms with E-state index in [1.165, 1.54) is 12.3 Å². The van der Waals surface area contributed by atoms with E-state index < -0.39 is 11.6 Å². The molecule has 0 spiro atoms. The number of nitrogens with two attached hydrogens (primary N) is 1. The van der Waals surface area contributed by atoms with Crippen LogP contribution in [0.5, 0.6) is 0 Å². The molecular weight excluding hydrogens is 366 g/mol. The molecule has 0 radical (unpaired) electrons. The standard InChI is InChI=1S/C19H26F2N6O/c1-11(2)24-13(4)23-10-17-18(22)27(12(3)7-8-28)19(26-17)25-16-6-5-14(20)9-15(16)21/h5-6,9-12,24,28H,4,7-8,22H2,1-3H3,(H,25,26)/b23-10-. The van der Waals surface area contributed by atoms with E-state index in [0.717, 1.165) is 12.1 Å². The molecule has 2 rings (SSSR count). The summed E-state index contributed by atoms with van der Waals surface area (Å²) in [5.74, 6) is -0.428. The van der Waals surface area contributed by atoms with Gasteiger partial charge in [0.2, 0.25) is 5.95 Å². The third-order valence-corrected chi connectivity index (χ3v) is 3.94. The van der Waals surface area contributed by atoms with Crippen molar-refractivity contribution in [3.63, 3.8) is 0 Å². The summed E-state index contributed by atoms with van der Waals surface area (Å²) in [7, 11) is 0. The molecular formula is C19H26F2N6O. The molecule has 0 aliphatic carbocycles. The summed E-state index contributed by atoms with van der Waals surface area (Å²) in [6, 6.07) is 3.15. The van der Waals surface area contributed by atoms with Crippen LogP contribution in [-0.4, -0.2) is 33.5 Å². The van der Waals surface area contributed by atoms with Gasteiger partial charge in [-0.1, -0.05) is 6.58 Å². The summed E-state index contributed by atoms with van der Waals surface area (Å²) in [6.07, 6.45) is 1.88. The third kappa shape index (κ3) is 5.29. The molecule has 1 unspecified atom stereocenters. The van der Waals surface area contributed by atoms with Gasteiger partial charge in [0.25, 0.3) is 0 Å². The zero-order valence-corrected chi connectivity index (χ0v) is 16.2. The van der Waals surface area contributed by atoms with Crippen molar-refractivity contribution < 1.29 is 13.9 Å². The molecule has 7 nitrogen and oxygen atoms in total. The number of benzene rings is 1. The largest absolute Gasteiger partial charge is 0.396 e. The molecule has 2 aromatic rings. The summed E-state index contributed by atoms with van der Waals surface area (Å²) in [5, 5.41) is 15.2. The zero-order chi connectivity index (χ0) is 20.8. The smallest absolute Gasteiger partial charge is 0.209 e. The predicted octanol–water partition coefficient (Wildman–Crippen LogP) is 3.32. The van der Waals surface area contributed by atoms with E-state index in [0.29, 0.717) is 23.8 Å². The second kappa shape index (κ2) is 9.32. The number of nitrogens with one attached hydrogen (secondary N) is 2. The Bertz CT molecular complexity index is 862. The van der Waals surface area contributed by atoms with Gasteiger partial charge in [-0.15, -0.1) is 0 Å². The third-order valence-electron chi connectivity index (χ3n) is 3.94. The Morgan fingerprint density at radius 2 is 2.11 bits per heavy atom. The summed E-state index contributed by atoms with van der Waals surface area (Å²) in [6.45, 7) is 9.51. The number of nitrogen functional groups attached to an aromatic ring is 1. The first-order valence-electron chi connectivity index (χ1n) is 8.93. The lowest BCUT2D eigenvalue weighted by Crippen LogP contribution is -2.20. The predicted molar refractivity (Wildman–Crippen MR) is 108 cm³/mol. The van der Waals surface area contributed by atoms with Crippen molar-refractivity contribution in [1.82, 2.24) is 14.9 Å². The molecule has 1 atom stereocenters. The second-order valence-electron chi connectivity index (χ2n) is 6.69. The quantitative estimate of drug-likeness (QED) is 0.491. The molecule has 0 aliphatic heterocycles. The van der Waals surface area contributed by atoms with E-state index in [9.17, 15) is 13.9 Å². The van der Waals surface area contributed by atoms with Crippen molar-refractivity contribution in [2.75, 3.05) is 17.7 Å². The van der Waals surface area contributed by atoms with Gasteiger partial charge in [-0.3, -0.25) is 4.57 Å². The Labute approximate surface area is 163 Å². The summed E-state index contributed by atoms with van der Waals surface area (Å²) >= 11 is 0. The topological polar surface area (TPSA) is 100 Å². The number of imidazole rings is 1. The minimum Gasteiger partial charge on any atom is -0.396 e. The van der Waals surface area contributed by atoms with Crippen LogP contribution in [0.2, 0.25) is 0 Å². The number of aliphatic imine (C=N–C) groups is 1. The van der Waals surface area contributed by atoms with Crippen LogP contribution in [0.1, 0.15) is 38.9 Å². The molecule has 9 heteroatoms. The minimum absolute atomic E-state index is 0.0539. The van der Waals surface area contributed by atoms with Crippen LogP contribution in [-0.2, 0) is 0 Å². The zero-order valence-electron chi connectivity index (χ0n) is 16.2. The maximum Gasteiger partial charge on any atom is 0.209 e. The van der Waals surface area contributed by atoms with Crippen LogP contribution in [0.15, 0.2) is 35.6 Å². The van der Waals surface area contributed by atoms with Gasteiger partial charge in [0, 0.05) is 24.8 Å². The van der Waals surface area contributed by atoms with Crippen molar-refractivity contribution >= 4 is 23.7 Å². The minimum atomic E-state index is -0.757. The number of hydrogen-bond donors (Lipinski definition) is 4. The summed E-state index contributed by atoms with van der Waals surface area (Å²) in [5.41, 5.74) is 6.64. The van der Waals surface area contributed by atoms with Gasteiger partial charge in [-0.2, -0.15) is 0 Å². The highest BCUT2D eigenvalue weighted by Gasteiger charge is 2.19. The van der Waals surface area contributed by atoms with Gasteiger partial charge in [0.15, 0.2) is 0 Å². The molecule has 0 bridgehead atoms. The van der Waals surface area contributed by atoms with Crippen molar-refractivity contribution in [1.29, 1.82) is 0 Å². The molecule has 1 aromatic carbocycles. The number of rotatable bonds is 9. The highest BCUT2D eigenvalue weighted by molar-refractivity contribution is 5.85. The van der Waals surface area contributed by atoms with Gasteiger partial charge in [0.05, 0.1) is 11.9 Å². The molecule has 1 aromatic heterocycles. The average molecular weight is 392 g/mol. The van der Waals surface area contributed by atoms with Crippen molar-refractivity contribution in [3.8, 4) is 0 Å². The molecule has 0 saturated carbocycles. The van der Waals surface area contributed by atoms with E-state index in [1.807, 2.05) is 20.8 Å². The van der Waals surface area contributed by atoms with E-state index >= 15 is 0 Å². The van der Waals surface area contributed by atoms with Gasteiger partial charge in [-0.25, -0.2) is 18.8 Å². The summed E-state index contributed by atoms with van der Waals surface area (Å²) < 4.78 is 28.8.